The summed E-state index contributed by atoms with van der Waals surface area (Å²) in [6, 6.07) is 3.56. The Morgan fingerprint density at radius 3 is 2.89 bits per heavy atom. The molecule has 1 aliphatic rings. The third kappa shape index (κ3) is 3.55. The topological polar surface area (TPSA) is 55.6 Å². The standard InChI is InChI=1S/C14H22N2O2S/c1-10(11-5-6-11)16(7-8-18-2)14(17)13(15)12-4-3-9-19-12/h3-4,9-11,13H,5-8,15H2,1-2H3. The van der Waals surface area contributed by atoms with Crippen molar-refractivity contribution in [2.45, 2.75) is 31.8 Å². The second-order valence-electron chi connectivity index (χ2n) is 5.10. The van der Waals surface area contributed by atoms with Crippen molar-refractivity contribution in [1.82, 2.24) is 4.90 Å². The molecule has 4 nitrogen and oxygen atoms in total. The van der Waals surface area contributed by atoms with Gasteiger partial charge >= 0.3 is 0 Å². The Morgan fingerprint density at radius 1 is 1.63 bits per heavy atom. The monoisotopic (exact) mass is 282 g/mol. The van der Waals surface area contributed by atoms with Crippen LogP contribution in [0.4, 0.5) is 0 Å². The Morgan fingerprint density at radius 2 is 2.37 bits per heavy atom. The Hall–Kier alpha value is -0.910. The zero-order valence-electron chi connectivity index (χ0n) is 11.5. The number of methoxy groups -OCH3 is 1. The van der Waals surface area contributed by atoms with Crippen molar-refractivity contribution in [1.29, 1.82) is 0 Å². The van der Waals surface area contributed by atoms with Crippen LogP contribution in [-0.4, -0.2) is 37.1 Å². The highest BCUT2D eigenvalue weighted by Gasteiger charge is 2.36. The van der Waals surface area contributed by atoms with Crippen LogP contribution in [0.5, 0.6) is 0 Å². The van der Waals surface area contributed by atoms with Crippen molar-refractivity contribution in [3.05, 3.63) is 22.4 Å². The molecule has 1 heterocycles. The number of carbonyl (C=O) groups excluding carboxylic acids is 1. The predicted octanol–water partition coefficient (Wildman–Crippen LogP) is 2.02. The molecule has 2 N–H and O–H groups in total. The maximum absolute atomic E-state index is 12.6. The largest absolute Gasteiger partial charge is 0.383 e. The van der Waals surface area contributed by atoms with Gasteiger partial charge < -0.3 is 15.4 Å². The lowest BCUT2D eigenvalue weighted by molar-refractivity contribution is -0.135. The van der Waals surface area contributed by atoms with Gasteiger partial charge in [-0.3, -0.25) is 4.79 Å². The molecule has 5 heteroatoms. The fourth-order valence-corrected chi connectivity index (χ4v) is 3.02. The number of ether oxygens (including phenoxy) is 1. The van der Waals surface area contributed by atoms with Crippen LogP contribution in [0.3, 0.4) is 0 Å². The van der Waals surface area contributed by atoms with E-state index in [0.717, 1.165) is 4.88 Å². The summed E-state index contributed by atoms with van der Waals surface area (Å²) < 4.78 is 5.11. The van der Waals surface area contributed by atoms with Gasteiger partial charge in [0.15, 0.2) is 0 Å². The highest BCUT2D eigenvalue weighted by atomic mass is 32.1. The molecule has 1 amide bonds. The lowest BCUT2D eigenvalue weighted by Crippen LogP contribution is -2.46. The molecule has 2 rings (SSSR count). The number of thiophene rings is 1. The Balaban J connectivity index is 2.05. The average molecular weight is 282 g/mol. The van der Waals surface area contributed by atoms with Crippen LogP contribution in [0.15, 0.2) is 17.5 Å². The van der Waals surface area contributed by atoms with Crippen molar-refractivity contribution in [3.63, 3.8) is 0 Å². The first-order valence-electron chi connectivity index (χ1n) is 6.73. The van der Waals surface area contributed by atoms with Crippen molar-refractivity contribution in [3.8, 4) is 0 Å². The number of rotatable bonds is 7. The molecule has 0 radical (unpaired) electrons. The second kappa shape index (κ2) is 6.50. The zero-order chi connectivity index (χ0) is 13.8. The molecule has 0 spiro atoms. The molecular formula is C14H22N2O2S. The molecule has 0 aliphatic heterocycles. The van der Waals surface area contributed by atoms with Crippen LogP contribution < -0.4 is 5.73 Å². The van der Waals surface area contributed by atoms with Gasteiger partial charge in [-0.15, -0.1) is 11.3 Å². The number of carbonyl (C=O) groups is 1. The molecule has 1 saturated carbocycles. The van der Waals surface area contributed by atoms with E-state index < -0.39 is 6.04 Å². The van der Waals surface area contributed by atoms with Gasteiger partial charge in [0, 0.05) is 24.6 Å². The zero-order valence-corrected chi connectivity index (χ0v) is 12.4. The fraction of sp³-hybridized carbons (Fsp3) is 0.643. The molecular weight excluding hydrogens is 260 g/mol. The summed E-state index contributed by atoms with van der Waals surface area (Å²) in [5.74, 6) is 0.648. The van der Waals surface area contributed by atoms with E-state index in [1.807, 2.05) is 22.4 Å². The number of hydrogen-bond acceptors (Lipinski definition) is 4. The van der Waals surface area contributed by atoms with Gasteiger partial charge in [0.1, 0.15) is 6.04 Å². The van der Waals surface area contributed by atoms with E-state index in [9.17, 15) is 4.79 Å². The van der Waals surface area contributed by atoms with Crippen LogP contribution >= 0.6 is 11.3 Å². The average Bonchev–Trinajstić information content (AvgIpc) is 3.13. The van der Waals surface area contributed by atoms with Gasteiger partial charge in [-0.1, -0.05) is 6.07 Å². The molecule has 19 heavy (non-hydrogen) atoms. The quantitative estimate of drug-likeness (QED) is 0.832. The maximum atomic E-state index is 12.6. The number of nitrogens with two attached hydrogens (primary N) is 1. The molecule has 1 aliphatic carbocycles. The van der Waals surface area contributed by atoms with Gasteiger partial charge in [-0.2, -0.15) is 0 Å². The van der Waals surface area contributed by atoms with Crippen molar-refractivity contribution in [2.24, 2.45) is 11.7 Å². The van der Waals surface area contributed by atoms with E-state index in [0.29, 0.717) is 19.1 Å². The highest BCUT2D eigenvalue weighted by molar-refractivity contribution is 7.10. The molecule has 1 fully saturated rings. The predicted molar refractivity (Wildman–Crippen MR) is 77.0 cm³/mol. The smallest absolute Gasteiger partial charge is 0.245 e. The molecule has 0 saturated heterocycles. The Bertz CT molecular complexity index is 404. The van der Waals surface area contributed by atoms with Gasteiger partial charge in [0.25, 0.3) is 0 Å². The Labute approximate surface area is 118 Å². The maximum Gasteiger partial charge on any atom is 0.245 e. The van der Waals surface area contributed by atoms with Crippen molar-refractivity contribution in [2.75, 3.05) is 20.3 Å². The molecule has 2 atom stereocenters. The fourth-order valence-electron chi connectivity index (χ4n) is 2.31. The second-order valence-corrected chi connectivity index (χ2v) is 6.07. The summed E-state index contributed by atoms with van der Waals surface area (Å²) in [6.45, 7) is 3.29. The highest BCUT2D eigenvalue weighted by Crippen LogP contribution is 2.36. The number of nitrogens with zero attached hydrogens (tertiary/aromatic N) is 1. The van der Waals surface area contributed by atoms with E-state index in [2.05, 4.69) is 6.92 Å². The van der Waals surface area contributed by atoms with Crippen LogP contribution in [0, 0.1) is 5.92 Å². The minimum absolute atomic E-state index is 0.0129. The summed E-state index contributed by atoms with van der Waals surface area (Å²) in [5.41, 5.74) is 6.09. The molecule has 0 aromatic carbocycles. The molecule has 0 bridgehead atoms. The van der Waals surface area contributed by atoms with Gasteiger partial charge in [-0.25, -0.2) is 0 Å². The molecule has 1 aromatic rings. The molecule has 106 valence electrons. The summed E-state index contributed by atoms with van der Waals surface area (Å²) >= 11 is 1.53. The minimum Gasteiger partial charge on any atom is -0.383 e. The minimum atomic E-state index is -0.543. The lowest BCUT2D eigenvalue weighted by Gasteiger charge is -2.31. The molecule has 1 aromatic heterocycles. The van der Waals surface area contributed by atoms with E-state index in [1.165, 1.54) is 24.2 Å². The van der Waals surface area contributed by atoms with Crippen molar-refractivity contribution < 1.29 is 9.53 Å². The Kier molecular flexibility index (Phi) is 4.96. The van der Waals surface area contributed by atoms with Crippen LogP contribution in [0.2, 0.25) is 0 Å². The van der Waals surface area contributed by atoms with Crippen LogP contribution in [0.25, 0.3) is 0 Å². The van der Waals surface area contributed by atoms with Gasteiger partial charge in [0.2, 0.25) is 5.91 Å². The van der Waals surface area contributed by atoms with E-state index in [-0.39, 0.29) is 11.9 Å². The van der Waals surface area contributed by atoms with E-state index >= 15 is 0 Å². The number of hydrogen-bond donors (Lipinski definition) is 1. The summed E-state index contributed by atoms with van der Waals surface area (Å²) in [4.78, 5) is 15.4. The summed E-state index contributed by atoms with van der Waals surface area (Å²) in [7, 11) is 1.66. The third-order valence-corrected chi connectivity index (χ3v) is 4.69. The first kappa shape index (κ1) is 14.5. The SMILES string of the molecule is COCCN(C(=O)C(N)c1cccs1)C(C)C1CC1. The summed E-state index contributed by atoms with van der Waals surface area (Å²) in [6.07, 6.45) is 2.43. The van der Waals surface area contributed by atoms with Crippen molar-refractivity contribution >= 4 is 17.2 Å². The van der Waals surface area contributed by atoms with Gasteiger partial charge in [-0.05, 0) is 37.1 Å². The van der Waals surface area contributed by atoms with Crippen LogP contribution in [0.1, 0.15) is 30.7 Å². The van der Waals surface area contributed by atoms with E-state index in [4.69, 9.17) is 10.5 Å². The first-order chi connectivity index (χ1) is 9.15. The van der Waals surface area contributed by atoms with Crippen LogP contribution in [-0.2, 0) is 9.53 Å². The number of amides is 1. The first-order valence-corrected chi connectivity index (χ1v) is 7.61. The van der Waals surface area contributed by atoms with Gasteiger partial charge in [0.05, 0.1) is 6.61 Å². The van der Waals surface area contributed by atoms with E-state index in [1.54, 1.807) is 7.11 Å². The third-order valence-electron chi connectivity index (χ3n) is 3.73. The lowest BCUT2D eigenvalue weighted by atomic mass is 10.1. The summed E-state index contributed by atoms with van der Waals surface area (Å²) in [5, 5.41) is 1.95. The molecule has 2 unspecified atom stereocenters. The normalized spacial score (nSPS) is 18.1.